The second kappa shape index (κ2) is 9.40. The maximum absolute atomic E-state index is 14.5. The van der Waals surface area contributed by atoms with E-state index in [4.69, 9.17) is 10.3 Å². The number of alkyl halides is 3. The standard InChI is InChI=1S/C21H21F3N6O4S2/c22-21(23,24)18-16(17-4-5-28-12-29-17)11-15(13-2-1-3-14(10-13)35(25,31)32)19(20(18)36(26,33)34)30-8-6-27-7-9-30/h1-5,10-12,27H,6-9H2,(H2,25,31,32)(H2,26,33,34). The van der Waals surface area contributed by atoms with Crippen LogP contribution in [0.5, 0.6) is 0 Å². The Morgan fingerprint density at radius 3 is 2.19 bits per heavy atom. The first-order chi connectivity index (χ1) is 16.8. The number of nitrogens with one attached hydrogen (secondary N) is 1. The molecule has 2 aromatic carbocycles. The molecule has 0 aliphatic carbocycles. The summed E-state index contributed by atoms with van der Waals surface area (Å²) in [6, 6.07) is 7.53. The molecular formula is C21H21F3N6O4S2. The molecule has 15 heteroatoms. The van der Waals surface area contributed by atoms with Crippen LogP contribution in [-0.4, -0.2) is 53.0 Å². The molecule has 0 atom stereocenters. The lowest BCUT2D eigenvalue weighted by Crippen LogP contribution is -2.44. The molecule has 0 radical (unpaired) electrons. The molecule has 3 aromatic rings. The summed E-state index contributed by atoms with van der Waals surface area (Å²) in [5.74, 6) is 0. The quantitative estimate of drug-likeness (QED) is 0.437. The average molecular weight is 543 g/mol. The van der Waals surface area contributed by atoms with Crippen LogP contribution >= 0.6 is 0 Å². The van der Waals surface area contributed by atoms with Crippen molar-refractivity contribution in [3.63, 3.8) is 0 Å². The second-order valence-electron chi connectivity index (χ2n) is 7.97. The van der Waals surface area contributed by atoms with Crippen molar-refractivity contribution in [3.05, 3.63) is 54.5 Å². The Morgan fingerprint density at radius 2 is 1.64 bits per heavy atom. The zero-order chi connectivity index (χ0) is 26.3. The highest BCUT2D eigenvalue weighted by Crippen LogP contribution is 2.48. The van der Waals surface area contributed by atoms with E-state index in [1.54, 1.807) is 0 Å². The van der Waals surface area contributed by atoms with E-state index in [1.807, 2.05) is 0 Å². The first-order valence-electron chi connectivity index (χ1n) is 10.4. The molecule has 5 N–H and O–H groups in total. The van der Waals surface area contributed by atoms with E-state index < -0.39 is 42.2 Å². The zero-order valence-electron chi connectivity index (χ0n) is 18.5. The first-order valence-corrected chi connectivity index (χ1v) is 13.5. The summed E-state index contributed by atoms with van der Waals surface area (Å²) < 4.78 is 93.3. The molecule has 0 saturated carbocycles. The predicted molar refractivity (Wildman–Crippen MR) is 126 cm³/mol. The Balaban J connectivity index is 2.21. The van der Waals surface area contributed by atoms with E-state index in [-0.39, 0.29) is 40.5 Å². The summed E-state index contributed by atoms with van der Waals surface area (Å²) in [6.45, 7) is 1.09. The minimum Gasteiger partial charge on any atom is -0.367 e. The summed E-state index contributed by atoms with van der Waals surface area (Å²) in [4.78, 5) is 7.67. The molecule has 2 heterocycles. The number of sulfonamides is 2. The smallest absolute Gasteiger partial charge is 0.367 e. The molecular weight excluding hydrogens is 521 g/mol. The van der Waals surface area contributed by atoms with Crippen LogP contribution in [0.4, 0.5) is 18.9 Å². The fourth-order valence-corrected chi connectivity index (χ4v) is 5.70. The third-order valence-electron chi connectivity index (χ3n) is 5.59. The monoisotopic (exact) mass is 542 g/mol. The van der Waals surface area contributed by atoms with Crippen molar-refractivity contribution in [3.8, 4) is 22.4 Å². The van der Waals surface area contributed by atoms with Crippen LogP contribution in [0.25, 0.3) is 22.4 Å². The Morgan fingerprint density at radius 1 is 0.944 bits per heavy atom. The van der Waals surface area contributed by atoms with E-state index >= 15 is 0 Å². The number of piperazine rings is 1. The zero-order valence-corrected chi connectivity index (χ0v) is 20.2. The van der Waals surface area contributed by atoms with Crippen LogP contribution in [0.3, 0.4) is 0 Å². The molecule has 0 spiro atoms. The molecule has 0 unspecified atom stereocenters. The van der Waals surface area contributed by atoms with Gasteiger partial charge in [0.2, 0.25) is 20.0 Å². The van der Waals surface area contributed by atoms with Crippen LogP contribution in [0.2, 0.25) is 0 Å². The van der Waals surface area contributed by atoms with Crippen molar-refractivity contribution >= 4 is 25.7 Å². The Hall–Kier alpha value is -3.11. The topological polar surface area (TPSA) is 161 Å². The van der Waals surface area contributed by atoms with Crippen LogP contribution in [0.15, 0.2) is 58.7 Å². The number of hydrogen-bond donors (Lipinski definition) is 3. The molecule has 0 bridgehead atoms. The largest absolute Gasteiger partial charge is 0.418 e. The van der Waals surface area contributed by atoms with E-state index in [2.05, 4.69) is 15.3 Å². The van der Waals surface area contributed by atoms with Crippen molar-refractivity contribution in [1.82, 2.24) is 15.3 Å². The maximum atomic E-state index is 14.5. The van der Waals surface area contributed by atoms with Crippen molar-refractivity contribution in [2.24, 2.45) is 10.3 Å². The number of hydrogen-bond acceptors (Lipinski definition) is 8. The molecule has 36 heavy (non-hydrogen) atoms. The van der Waals surface area contributed by atoms with Crippen molar-refractivity contribution in [2.45, 2.75) is 16.0 Å². The van der Waals surface area contributed by atoms with Gasteiger partial charge in [0.1, 0.15) is 11.2 Å². The molecule has 1 saturated heterocycles. The van der Waals surface area contributed by atoms with Crippen LogP contribution in [0.1, 0.15) is 5.56 Å². The molecule has 192 valence electrons. The predicted octanol–water partition coefficient (Wildman–Crippen LogP) is 1.53. The number of benzene rings is 2. The van der Waals surface area contributed by atoms with Crippen molar-refractivity contribution < 1.29 is 30.0 Å². The lowest BCUT2D eigenvalue weighted by Gasteiger charge is -2.34. The average Bonchev–Trinajstić information content (AvgIpc) is 2.82. The fourth-order valence-electron chi connectivity index (χ4n) is 4.12. The van der Waals surface area contributed by atoms with Crippen LogP contribution in [0, 0.1) is 0 Å². The molecule has 4 rings (SSSR count). The highest BCUT2D eigenvalue weighted by Gasteiger charge is 2.43. The second-order valence-corrected chi connectivity index (χ2v) is 11.0. The highest BCUT2D eigenvalue weighted by atomic mass is 32.2. The molecule has 1 aromatic heterocycles. The summed E-state index contributed by atoms with van der Waals surface area (Å²) in [5, 5.41) is 13.7. The number of rotatable bonds is 5. The van der Waals surface area contributed by atoms with Gasteiger partial charge in [-0.15, -0.1) is 0 Å². The molecule has 1 aliphatic rings. The number of nitrogens with two attached hydrogens (primary N) is 2. The molecule has 1 aliphatic heterocycles. The van der Waals surface area contributed by atoms with Crippen LogP contribution < -0.4 is 20.5 Å². The Kier molecular flexibility index (Phi) is 6.78. The first kappa shape index (κ1) is 26.0. The Bertz CT molecular complexity index is 1510. The minimum atomic E-state index is -5.13. The number of primary sulfonamides is 2. The van der Waals surface area contributed by atoms with E-state index in [1.165, 1.54) is 41.4 Å². The third kappa shape index (κ3) is 5.19. The van der Waals surface area contributed by atoms with Gasteiger partial charge >= 0.3 is 6.18 Å². The van der Waals surface area contributed by atoms with Gasteiger partial charge in [0.15, 0.2) is 0 Å². The summed E-state index contributed by atoms with van der Waals surface area (Å²) >= 11 is 0. The third-order valence-corrected chi connectivity index (χ3v) is 7.47. The molecule has 10 nitrogen and oxygen atoms in total. The van der Waals surface area contributed by atoms with E-state index in [0.29, 0.717) is 13.1 Å². The molecule has 0 amide bonds. The SMILES string of the molecule is NS(=O)(=O)c1cccc(-c2cc(-c3ccncn3)c(C(F)(F)F)c(S(N)(=O)=O)c2N2CCNCC2)c1. The van der Waals surface area contributed by atoms with Crippen LogP contribution in [-0.2, 0) is 26.2 Å². The van der Waals surface area contributed by atoms with Crippen molar-refractivity contribution in [1.29, 1.82) is 0 Å². The maximum Gasteiger partial charge on any atom is 0.418 e. The number of nitrogens with zero attached hydrogens (tertiary/aromatic N) is 3. The van der Waals surface area contributed by atoms with Gasteiger partial charge in [0.05, 0.1) is 21.8 Å². The number of aromatic nitrogens is 2. The summed E-state index contributed by atoms with van der Waals surface area (Å²) in [5.41, 5.74) is -2.35. The molecule has 1 fully saturated rings. The van der Waals surface area contributed by atoms with Gasteiger partial charge in [-0.1, -0.05) is 12.1 Å². The van der Waals surface area contributed by atoms with Gasteiger partial charge in [-0.3, -0.25) is 0 Å². The van der Waals surface area contributed by atoms with E-state index in [9.17, 15) is 30.0 Å². The van der Waals surface area contributed by atoms with Gasteiger partial charge in [0, 0.05) is 43.5 Å². The highest BCUT2D eigenvalue weighted by molar-refractivity contribution is 7.89. The number of anilines is 1. The van der Waals surface area contributed by atoms with Gasteiger partial charge in [0.25, 0.3) is 0 Å². The summed E-state index contributed by atoms with van der Waals surface area (Å²) in [7, 11) is -9.13. The normalized spacial score (nSPS) is 15.2. The van der Waals surface area contributed by atoms with Crippen molar-refractivity contribution in [2.75, 3.05) is 31.1 Å². The fraction of sp³-hybridized carbons (Fsp3) is 0.238. The Labute approximate surface area is 205 Å². The summed E-state index contributed by atoms with van der Waals surface area (Å²) in [6.07, 6.45) is -2.89. The lowest BCUT2D eigenvalue weighted by atomic mass is 9.93. The lowest BCUT2D eigenvalue weighted by molar-refractivity contribution is -0.139. The van der Waals surface area contributed by atoms with Gasteiger partial charge in [-0.2, -0.15) is 13.2 Å². The minimum absolute atomic E-state index is 0.0213. The number of halogens is 3. The van der Waals surface area contributed by atoms with E-state index in [0.717, 1.165) is 12.4 Å². The van der Waals surface area contributed by atoms with Gasteiger partial charge in [-0.25, -0.2) is 37.1 Å². The van der Waals surface area contributed by atoms with Gasteiger partial charge in [-0.05, 0) is 29.8 Å². The van der Waals surface area contributed by atoms with Gasteiger partial charge < -0.3 is 10.2 Å².